The third-order valence-electron chi connectivity index (χ3n) is 8.55. The topological polar surface area (TPSA) is 112 Å². The molecule has 3 atom stereocenters. The molecule has 190 valence electrons. The Morgan fingerprint density at radius 2 is 1.89 bits per heavy atom. The predicted octanol–water partition coefficient (Wildman–Crippen LogP) is 1.74. The molecular formula is C26H36N4O5. The van der Waals surface area contributed by atoms with Gasteiger partial charge in [-0.25, -0.2) is 4.98 Å². The average molecular weight is 485 g/mol. The molecule has 0 unspecified atom stereocenters. The summed E-state index contributed by atoms with van der Waals surface area (Å²) in [6.45, 7) is 3.72. The maximum atomic E-state index is 13.2. The molecule has 0 radical (unpaired) electrons. The van der Waals surface area contributed by atoms with E-state index in [0.29, 0.717) is 43.1 Å². The first kappa shape index (κ1) is 24.0. The molecule has 1 aliphatic heterocycles. The zero-order valence-electron chi connectivity index (χ0n) is 20.6. The molecule has 1 aromatic rings. The van der Waals surface area contributed by atoms with Crippen molar-refractivity contribution in [2.24, 2.45) is 17.8 Å². The molecule has 0 aromatic carbocycles. The van der Waals surface area contributed by atoms with E-state index in [0.717, 1.165) is 37.9 Å². The molecule has 4 saturated carbocycles. The maximum Gasteiger partial charge on any atom is 0.306 e. The molecule has 1 saturated heterocycles. The first-order valence-electron chi connectivity index (χ1n) is 12.9. The minimum atomic E-state index is -0.519. The zero-order chi connectivity index (χ0) is 24.7. The number of nitrogens with zero attached hydrogens (tertiary/aromatic N) is 3. The van der Waals surface area contributed by atoms with Crippen LogP contribution in [0.15, 0.2) is 18.2 Å². The van der Waals surface area contributed by atoms with Crippen molar-refractivity contribution in [1.29, 1.82) is 0 Å². The van der Waals surface area contributed by atoms with Gasteiger partial charge in [0, 0.05) is 38.1 Å². The summed E-state index contributed by atoms with van der Waals surface area (Å²) < 4.78 is 4.62. The highest BCUT2D eigenvalue weighted by molar-refractivity contribution is 5.93. The van der Waals surface area contributed by atoms with Crippen LogP contribution in [0.4, 0.5) is 5.82 Å². The summed E-state index contributed by atoms with van der Waals surface area (Å²) in [6.07, 6.45) is 4.93. The van der Waals surface area contributed by atoms with Crippen LogP contribution in [0.5, 0.6) is 0 Å². The van der Waals surface area contributed by atoms with Crippen LogP contribution < -0.4 is 10.2 Å². The van der Waals surface area contributed by atoms with Crippen LogP contribution in [0, 0.1) is 17.8 Å². The van der Waals surface area contributed by atoms with Crippen LogP contribution in [0.2, 0.25) is 0 Å². The number of anilines is 1. The fourth-order valence-electron chi connectivity index (χ4n) is 7.15. The van der Waals surface area contributed by atoms with Gasteiger partial charge in [0.1, 0.15) is 11.5 Å². The van der Waals surface area contributed by atoms with Gasteiger partial charge < -0.3 is 25.0 Å². The van der Waals surface area contributed by atoms with Crippen molar-refractivity contribution in [3.8, 4) is 0 Å². The van der Waals surface area contributed by atoms with Gasteiger partial charge in [-0.05, 0) is 68.9 Å². The molecule has 6 rings (SSSR count). The molecule has 0 spiro atoms. The van der Waals surface area contributed by atoms with E-state index in [1.165, 1.54) is 7.11 Å². The third kappa shape index (κ3) is 4.87. The zero-order valence-corrected chi connectivity index (χ0v) is 20.6. The van der Waals surface area contributed by atoms with Gasteiger partial charge in [0.15, 0.2) is 0 Å². The largest absolute Gasteiger partial charge is 0.469 e. The van der Waals surface area contributed by atoms with Crippen molar-refractivity contribution in [1.82, 2.24) is 15.2 Å². The van der Waals surface area contributed by atoms with Crippen LogP contribution in [-0.2, 0) is 14.3 Å². The lowest BCUT2D eigenvalue weighted by Gasteiger charge is -2.58. The second-order valence-electron chi connectivity index (χ2n) is 11.0. The first-order chi connectivity index (χ1) is 16.7. The number of carbonyl (C=O) groups is 3. The molecular weight excluding hydrogens is 448 g/mol. The lowest BCUT2D eigenvalue weighted by Crippen LogP contribution is -2.61. The molecule has 4 bridgehead atoms. The SMILES string of the molecule is COC(=O)CCC(=O)N1CCN(c2cccc(C(=O)NC3[C@@H]4CC5C[C@@H]3CC(O)(C5)C4)n2)[C@H](C)C1. The number of methoxy groups -OCH3 is 1. The molecule has 2 heterocycles. The molecule has 9 heteroatoms. The minimum absolute atomic E-state index is 0.0295. The molecule has 4 aliphatic carbocycles. The first-order valence-corrected chi connectivity index (χ1v) is 12.9. The number of nitrogens with one attached hydrogen (secondary N) is 1. The van der Waals surface area contributed by atoms with E-state index in [2.05, 4.69) is 19.9 Å². The molecule has 35 heavy (non-hydrogen) atoms. The van der Waals surface area contributed by atoms with E-state index in [4.69, 9.17) is 0 Å². The Morgan fingerprint density at radius 3 is 2.54 bits per heavy atom. The van der Waals surface area contributed by atoms with Crippen LogP contribution in [0.25, 0.3) is 0 Å². The van der Waals surface area contributed by atoms with Gasteiger partial charge in [-0.2, -0.15) is 0 Å². The molecule has 5 fully saturated rings. The number of pyridine rings is 1. The Hall–Kier alpha value is -2.68. The van der Waals surface area contributed by atoms with E-state index in [1.807, 2.05) is 19.1 Å². The van der Waals surface area contributed by atoms with Crippen molar-refractivity contribution in [2.75, 3.05) is 31.6 Å². The van der Waals surface area contributed by atoms with Crippen LogP contribution >= 0.6 is 0 Å². The number of esters is 1. The number of ether oxygens (including phenoxy) is 1. The fraction of sp³-hybridized carbons (Fsp3) is 0.692. The van der Waals surface area contributed by atoms with E-state index < -0.39 is 5.60 Å². The van der Waals surface area contributed by atoms with E-state index in [9.17, 15) is 19.5 Å². The number of aliphatic hydroxyl groups is 1. The van der Waals surface area contributed by atoms with Gasteiger partial charge in [-0.3, -0.25) is 14.4 Å². The summed E-state index contributed by atoms with van der Waals surface area (Å²) in [4.78, 5) is 45.6. The van der Waals surface area contributed by atoms with Crippen molar-refractivity contribution in [3.63, 3.8) is 0 Å². The lowest BCUT2D eigenvalue weighted by molar-refractivity contribution is -0.143. The minimum Gasteiger partial charge on any atom is -0.469 e. The number of rotatable bonds is 6. The van der Waals surface area contributed by atoms with Gasteiger partial charge >= 0.3 is 5.97 Å². The summed E-state index contributed by atoms with van der Waals surface area (Å²) in [6, 6.07) is 5.66. The second kappa shape index (κ2) is 9.41. The molecule has 2 N–H and O–H groups in total. The van der Waals surface area contributed by atoms with Crippen LogP contribution in [-0.4, -0.2) is 77.2 Å². The highest BCUT2D eigenvalue weighted by Gasteiger charge is 2.55. The number of amides is 2. The van der Waals surface area contributed by atoms with Crippen molar-refractivity contribution < 1.29 is 24.2 Å². The Morgan fingerprint density at radius 1 is 1.14 bits per heavy atom. The van der Waals surface area contributed by atoms with Crippen molar-refractivity contribution in [3.05, 3.63) is 23.9 Å². The highest BCUT2D eigenvalue weighted by atomic mass is 16.5. The highest BCUT2D eigenvalue weighted by Crippen LogP contribution is 2.55. The second-order valence-corrected chi connectivity index (χ2v) is 11.0. The van der Waals surface area contributed by atoms with Gasteiger partial charge in [-0.1, -0.05) is 6.07 Å². The molecule has 1 aromatic heterocycles. The summed E-state index contributed by atoms with van der Waals surface area (Å²) in [5.74, 6) is 1.44. The third-order valence-corrected chi connectivity index (χ3v) is 8.55. The summed E-state index contributed by atoms with van der Waals surface area (Å²) in [5.41, 5.74) is -0.117. The predicted molar refractivity (Wildman–Crippen MR) is 129 cm³/mol. The smallest absolute Gasteiger partial charge is 0.306 e. The Kier molecular flexibility index (Phi) is 6.46. The number of carbonyl (C=O) groups excluding carboxylic acids is 3. The summed E-state index contributed by atoms with van der Waals surface area (Å²) >= 11 is 0. The Balaban J connectivity index is 1.20. The number of aromatic nitrogens is 1. The van der Waals surface area contributed by atoms with E-state index in [1.54, 1.807) is 11.0 Å². The van der Waals surface area contributed by atoms with Crippen LogP contribution in [0.1, 0.15) is 62.4 Å². The van der Waals surface area contributed by atoms with Gasteiger partial charge in [-0.15, -0.1) is 0 Å². The van der Waals surface area contributed by atoms with Gasteiger partial charge in [0.2, 0.25) is 5.91 Å². The molecule has 2 amide bonds. The van der Waals surface area contributed by atoms with Crippen molar-refractivity contribution in [2.45, 2.75) is 69.6 Å². The lowest BCUT2D eigenvalue weighted by atomic mass is 9.52. The fourth-order valence-corrected chi connectivity index (χ4v) is 7.15. The van der Waals surface area contributed by atoms with Gasteiger partial charge in [0.05, 0.1) is 19.1 Å². The normalized spacial score (nSPS) is 33.5. The Labute approximate surface area is 206 Å². The standard InChI is InChI=1S/C26H36N4O5/c1-16-15-29(22(31)6-7-23(32)35-2)8-9-30(16)21-5-3-4-20(27-21)25(33)28-24-18-10-17-11-19(24)14-26(34,12-17)13-18/h3-5,16-19,24,34H,6-15H2,1-2H3,(H,28,33)/t16-,17?,18-,19-,24?,26?/m1/s1. The number of piperazine rings is 1. The molecule has 9 nitrogen and oxygen atoms in total. The van der Waals surface area contributed by atoms with Gasteiger partial charge in [0.25, 0.3) is 5.91 Å². The van der Waals surface area contributed by atoms with Crippen molar-refractivity contribution >= 4 is 23.6 Å². The maximum absolute atomic E-state index is 13.2. The quantitative estimate of drug-likeness (QED) is 0.592. The van der Waals surface area contributed by atoms with E-state index >= 15 is 0 Å². The Bertz CT molecular complexity index is 984. The summed E-state index contributed by atoms with van der Waals surface area (Å²) in [5, 5.41) is 14.1. The molecule has 5 aliphatic rings. The average Bonchev–Trinajstić information content (AvgIpc) is 2.83. The van der Waals surface area contributed by atoms with E-state index in [-0.39, 0.29) is 42.7 Å². The monoisotopic (exact) mass is 484 g/mol. The number of hydrogen-bond acceptors (Lipinski definition) is 7. The van der Waals surface area contributed by atoms with Crippen LogP contribution in [0.3, 0.4) is 0 Å². The summed E-state index contributed by atoms with van der Waals surface area (Å²) in [7, 11) is 1.32. The number of hydrogen-bond donors (Lipinski definition) is 2.